The highest BCUT2D eigenvalue weighted by atomic mass is 32.2. The van der Waals surface area contributed by atoms with Crippen molar-refractivity contribution in [2.24, 2.45) is 4.99 Å². The maximum Gasteiger partial charge on any atom is 0.410 e. The molecule has 12 nitrogen and oxygen atoms in total. The molecule has 0 aliphatic carbocycles. The molecular formula is C38H40N4O8S. The lowest BCUT2D eigenvalue weighted by atomic mass is 9.99. The summed E-state index contributed by atoms with van der Waals surface area (Å²) in [5.74, 6) is -1.52. The number of carbonyl (C=O) groups is 4. The molecule has 1 unspecified atom stereocenters. The first-order valence-corrected chi connectivity index (χ1v) is 17.8. The molecule has 266 valence electrons. The molecule has 4 aliphatic rings. The van der Waals surface area contributed by atoms with Gasteiger partial charge in [0.1, 0.15) is 23.1 Å². The molecule has 2 aromatic carbocycles. The van der Waals surface area contributed by atoms with Crippen LogP contribution in [0.2, 0.25) is 0 Å². The first-order chi connectivity index (χ1) is 24.5. The zero-order chi connectivity index (χ0) is 36.3. The molecule has 3 fully saturated rings. The number of likely N-dealkylation sites (tertiary alicyclic amines) is 2. The molecule has 0 aromatic heterocycles. The Morgan fingerprint density at radius 3 is 2.33 bits per heavy atom. The monoisotopic (exact) mass is 712 g/mol. The number of hydrogen-bond acceptors (Lipinski definition) is 10. The number of fused-ring (bicyclic) bond motifs is 1. The van der Waals surface area contributed by atoms with Crippen molar-refractivity contribution < 1.29 is 38.2 Å². The molecule has 0 radical (unpaired) electrons. The average Bonchev–Trinajstić information content (AvgIpc) is 3.76. The van der Waals surface area contributed by atoms with Gasteiger partial charge in [0.25, 0.3) is 5.91 Å². The molecule has 3 saturated heterocycles. The molecule has 51 heavy (non-hydrogen) atoms. The van der Waals surface area contributed by atoms with Crippen molar-refractivity contribution in [3.8, 4) is 0 Å². The predicted octanol–water partition coefficient (Wildman–Crippen LogP) is 4.89. The SMILES string of the molecule is C=CCOC(=O)N1CC[C@@H](N2CCC(=CC3=C(C(=O)OC(c4ccccc4)c4ccccc4)N4C(=O)[C@@H](OC(C)(C)C)[C@H]4SC3N=C=O)C2=O)C1. The van der Waals surface area contributed by atoms with Crippen molar-refractivity contribution in [3.05, 3.63) is 107 Å². The van der Waals surface area contributed by atoms with Gasteiger partial charge in [-0.1, -0.05) is 73.3 Å². The third-order valence-electron chi connectivity index (χ3n) is 8.99. The Morgan fingerprint density at radius 2 is 1.73 bits per heavy atom. The van der Waals surface area contributed by atoms with E-state index in [0.29, 0.717) is 49.2 Å². The number of nitrogens with zero attached hydrogens (tertiary/aromatic N) is 4. The first-order valence-electron chi connectivity index (χ1n) is 16.8. The number of esters is 1. The van der Waals surface area contributed by atoms with E-state index < -0.39 is 46.5 Å². The maximum atomic E-state index is 14.5. The van der Waals surface area contributed by atoms with Gasteiger partial charge in [0.15, 0.2) is 12.2 Å². The van der Waals surface area contributed by atoms with Crippen molar-refractivity contribution in [1.82, 2.24) is 14.7 Å². The zero-order valence-electron chi connectivity index (χ0n) is 28.7. The molecule has 4 atom stereocenters. The van der Waals surface area contributed by atoms with Gasteiger partial charge in [-0.25, -0.2) is 14.4 Å². The van der Waals surface area contributed by atoms with Crippen LogP contribution in [0.1, 0.15) is 50.8 Å². The van der Waals surface area contributed by atoms with Crippen LogP contribution in [0.5, 0.6) is 0 Å². The second-order valence-corrected chi connectivity index (χ2v) is 14.7. The van der Waals surface area contributed by atoms with Gasteiger partial charge in [-0.15, -0.1) is 11.8 Å². The predicted molar refractivity (Wildman–Crippen MR) is 189 cm³/mol. The van der Waals surface area contributed by atoms with Crippen molar-refractivity contribution in [3.63, 3.8) is 0 Å². The molecule has 0 saturated carbocycles. The normalized spacial score (nSPS) is 24.0. The van der Waals surface area contributed by atoms with E-state index in [4.69, 9.17) is 14.2 Å². The fourth-order valence-corrected chi connectivity index (χ4v) is 8.04. The third kappa shape index (κ3) is 7.56. The van der Waals surface area contributed by atoms with Gasteiger partial charge in [0.05, 0.1) is 11.6 Å². The van der Waals surface area contributed by atoms with E-state index in [1.54, 1.807) is 22.0 Å². The fourth-order valence-electron chi connectivity index (χ4n) is 6.70. The zero-order valence-corrected chi connectivity index (χ0v) is 29.5. The molecule has 4 aliphatic heterocycles. The molecule has 6 rings (SSSR count). The lowest BCUT2D eigenvalue weighted by Gasteiger charge is -2.51. The van der Waals surface area contributed by atoms with Gasteiger partial charge >= 0.3 is 12.1 Å². The fraction of sp³-hybridized carbons (Fsp3) is 0.395. The second-order valence-electron chi connectivity index (χ2n) is 13.5. The molecule has 3 amide bonds. The van der Waals surface area contributed by atoms with E-state index in [1.165, 1.54) is 22.7 Å². The van der Waals surface area contributed by atoms with E-state index in [2.05, 4.69) is 11.6 Å². The number of amides is 3. The van der Waals surface area contributed by atoms with Crippen LogP contribution in [0.4, 0.5) is 4.79 Å². The lowest BCUT2D eigenvalue weighted by Crippen LogP contribution is -2.67. The summed E-state index contributed by atoms with van der Waals surface area (Å²) in [5.41, 5.74) is 1.23. The molecular weight excluding hydrogens is 673 g/mol. The third-order valence-corrected chi connectivity index (χ3v) is 10.3. The van der Waals surface area contributed by atoms with Gasteiger partial charge in [0.2, 0.25) is 12.0 Å². The Hall–Kier alpha value is -4.97. The largest absolute Gasteiger partial charge is 0.448 e. The summed E-state index contributed by atoms with van der Waals surface area (Å²) in [6.45, 7) is 10.3. The highest BCUT2D eigenvalue weighted by Gasteiger charge is 2.58. The maximum absolute atomic E-state index is 14.5. The number of aliphatic imine (C=N–C) groups is 1. The lowest BCUT2D eigenvalue weighted by molar-refractivity contribution is -0.179. The number of carbonyl (C=O) groups excluding carboxylic acids is 5. The number of benzene rings is 2. The van der Waals surface area contributed by atoms with Crippen LogP contribution in [-0.4, -0.2) is 99.4 Å². The summed E-state index contributed by atoms with van der Waals surface area (Å²) < 4.78 is 17.5. The summed E-state index contributed by atoms with van der Waals surface area (Å²) >= 11 is 1.17. The number of β-lactam (4-membered cyclic amide) rings is 1. The van der Waals surface area contributed by atoms with Crippen LogP contribution >= 0.6 is 11.8 Å². The van der Waals surface area contributed by atoms with E-state index in [1.807, 2.05) is 81.4 Å². The van der Waals surface area contributed by atoms with Crippen LogP contribution in [-0.2, 0) is 33.4 Å². The van der Waals surface area contributed by atoms with Crippen LogP contribution < -0.4 is 0 Å². The van der Waals surface area contributed by atoms with Crippen LogP contribution in [0.15, 0.2) is 101 Å². The quantitative estimate of drug-likeness (QED) is 0.0843. The van der Waals surface area contributed by atoms with E-state index in [-0.39, 0.29) is 29.8 Å². The number of isocyanates is 1. The van der Waals surface area contributed by atoms with Gasteiger partial charge in [-0.05, 0) is 50.8 Å². The van der Waals surface area contributed by atoms with Crippen LogP contribution in [0.3, 0.4) is 0 Å². The highest BCUT2D eigenvalue weighted by molar-refractivity contribution is 8.00. The van der Waals surface area contributed by atoms with E-state index in [0.717, 1.165) is 0 Å². The van der Waals surface area contributed by atoms with Crippen molar-refractivity contribution in [2.45, 2.75) is 68.2 Å². The summed E-state index contributed by atoms with van der Waals surface area (Å²) in [5, 5.41) is -1.66. The van der Waals surface area contributed by atoms with Crippen molar-refractivity contribution >= 4 is 41.7 Å². The van der Waals surface area contributed by atoms with E-state index in [9.17, 15) is 24.0 Å². The summed E-state index contributed by atoms with van der Waals surface area (Å²) in [6, 6.07) is 18.2. The summed E-state index contributed by atoms with van der Waals surface area (Å²) in [6.07, 6.45) is 3.40. The number of thioether (sulfide) groups is 1. The average molecular weight is 713 g/mol. The van der Waals surface area contributed by atoms with E-state index >= 15 is 0 Å². The van der Waals surface area contributed by atoms with Gasteiger partial charge in [-0.3, -0.25) is 14.5 Å². The highest BCUT2D eigenvalue weighted by Crippen LogP contribution is 2.48. The van der Waals surface area contributed by atoms with Gasteiger partial charge in [0, 0.05) is 30.8 Å². The second kappa shape index (κ2) is 15.1. The van der Waals surface area contributed by atoms with Crippen molar-refractivity contribution in [2.75, 3.05) is 26.2 Å². The Bertz CT molecular complexity index is 1760. The number of rotatable bonds is 10. The summed E-state index contributed by atoms with van der Waals surface area (Å²) in [4.78, 5) is 75.1. The molecule has 13 heteroatoms. The minimum absolute atomic E-state index is 0.0960. The topological polar surface area (TPSA) is 135 Å². The smallest absolute Gasteiger partial charge is 0.410 e. The Morgan fingerprint density at radius 1 is 1.06 bits per heavy atom. The standard InChI is InChI=1S/C38H40N4O8S/c1-5-20-48-37(47)40-18-17-27(22-40)41-19-16-26(33(41)44)21-28-29(42-34(45)31(50-38(2,3)4)35(42)51-32(28)39-23-43)36(46)49-30(24-12-8-6-9-13-24)25-14-10-7-11-15-25/h5-15,21,27,30-32,35H,1,16-20,22H2,2-4H3/t27-,31-,32?,35-/m1/s1. The van der Waals surface area contributed by atoms with Gasteiger partial charge in [-0.2, -0.15) is 4.99 Å². The number of hydrogen-bond donors (Lipinski definition) is 0. The molecule has 0 bridgehead atoms. The number of ether oxygens (including phenoxy) is 3. The summed E-state index contributed by atoms with van der Waals surface area (Å²) in [7, 11) is 0. The minimum Gasteiger partial charge on any atom is -0.448 e. The minimum atomic E-state index is -0.978. The Balaban J connectivity index is 1.37. The molecule has 0 N–H and O–H groups in total. The first kappa shape index (κ1) is 35.8. The molecule has 4 heterocycles. The van der Waals surface area contributed by atoms with Crippen LogP contribution in [0.25, 0.3) is 0 Å². The Labute approximate surface area is 300 Å². The molecule has 0 spiro atoms. The van der Waals surface area contributed by atoms with Crippen molar-refractivity contribution in [1.29, 1.82) is 0 Å². The van der Waals surface area contributed by atoms with Gasteiger partial charge < -0.3 is 24.0 Å². The molecule has 2 aromatic rings. The Kier molecular flexibility index (Phi) is 10.6. The van der Waals surface area contributed by atoms with Crippen LogP contribution in [0, 0.1) is 0 Å².